The summed E-state index contributed by atoms with van der Waals surface area (Å²) in [6.07, 6.45) is -0.246. The van der Waals surface area contributed by atoms with Gasteiger partial charge in [-0.2, -0.15) is 0 Å². The number of ether oxygens (including phenoxy) is 1. The molecule has 0 bridgehead atoms. The molecule has 2 rings (SSSR count). The van der Waals surface area contributed by atoms with Crippen LogP contribution in [0.15, 0.2) is 9.41 Å². The molecular formula is C16H28IN5O3. The molecule has 0 atom stereocenters. The smallest absolute Gasteiger partial charge is 0.409 e. The highest BCUT2D eigenvalue weighted by atomic mass is 127. The number of hydrogen-bond donors (Lipinski definition) is 1. The second kappa shape index (κ2) is 10.5. The van der Waals surface area contributed by atoms with Crippen LogP contribution < -0.4 is 5.32 Å². The lowest BCUT2D eigenvalue weighted by atomic mass is 10.3. The van der Waals surface area contributed by atoms with Crippen LogP contribution in [-0.4, -0.2) is 66.2 Å². The van der Waals surface area contributed by atoms with Crippen LogP contribution in [0.4, 0.5) is 4.79 Å². The van der Waals surface area contributed by atoms with Gasteiger partial charge in [-0.1, -0.05) is 0 Å². The lowest BCUT2D eigenvalue weighted by Crippen LogP contribution is -2.53. The van der Waals surface area contributed by atoms with Gasteiger partial charge in [0.25, 0.3) is 0 Å². The summed E-state index contributed by atoms with van der Waals surface area (Å²) >= 11 is 0. The Morgan fingerprint density at radius 1 is 1.24 bits per heavy atom. The highest BCUT2D eigenvalue weighted by molar-refractivity contribution is 14.0. The van der Waals surface area contributed by atoms with Crippen molar-refractivity contribution < 1.29 is 13.9 Å². The van der Waals surface area contributed by atoms with Crippen molar-refractivity contribution in [2.24, 2.45) is 4.99 Å². The molecular weight excluding hydrogens is 437 g/mol. The van der Waals surface area contributed by atoms with E-state index in [0.717, 1.165) is 24.0 Å². The third-order valence-corrected chi connectivity index (χ3v) is 3.88. The molecule has 8 nitrogen and oxygen atoms in total. The van der Waals surface area contributed by atoms with Crippen LogP contribution in [0.5, 0.6) is 0 Å². The molecule has 1 aromatic heterocycles. The average molecular weight is 465 g/mol. The third kappa shape index (κ3) is 6.05. The van der Waals surface area contributed by atoms with Crippen molar-refractivity contribution in [3.63, 3.8) is 0 Å². The molecule has 0 aromatic carbocycles. The van der Waals surface area contributed by atoms with Gasteiger partial charge in [-0.25, -0.2) is 14.8 Å². The largest absolute Gasteiger partial charge is 0.450 e. The number of oxazole rings is 1. The predicted molar refractivity (Wildman–Crippen MR) is 106 cm³/mol. The zero-order valence-electron chi connectivity index (χ0n) is 15.4. The number of rotatable bonds is 4. The fourth-order valence-electron chi connectivity index (χ4n) is 2.49. The van der Waals surface area contributed by atoms with Gasteiger partial charge in [0.15, 0.2) is 5.96 Å². The van der Waals surface area contributed by atoms with Gasteiger partial charge in [-0.05, 0) is 27.7 Å². The van der Waals surface area contributed by atoms with E-state index in [4.69, 9.17) is 9.15 Å². The van der Waals surface area contributed by atoms with Crippen LogP contribution in [0, 0.1) is 13.8 Å². The molecule has 1 aliphatic rings. The van der Waals surface area contributed by atoms with E-state index in [-0.39, 0.29) is 30.1 Å². The van der Waals surface area contributed by atoms with Gasteiger partial charge >= 0.3 is 6.09 Å². The van der Waals surface area contributed by atoms with Crippen molar-refractivity contribution in [1.29, 1.82) is 0 Å². The minimum atomic E-state index is -0.246. The van der Waals surface area contributed by atoms with Gasteiger partial charge in [0.2, 0.25) is 5.89 Å². The number of carbonyl (C=O) groups excluding carboxylic acids is 1. The summed E-state index contributed by atoms with van der Waals surface area (Å²) in [6.45, 7) is 11.9. The summed E-state index contributed by atoms with van der Waals surface area (Å²) in [5.41, 5.74) is 0.897. The Kier molecular flexibility index (Phi) is 9.01. The Morgan fingerprint density at radius 2 is 1.88 bits per heavy atom. The van der Waals surface area contributed by atoms with E-state index in [2.05, 4.69) is 20.2 Å². The van der Waals surface area contributed by atoms with Crippen molar-refractivity contribution in [3.05, 3.63) is 17.3 Å². The number of aromatic nitrogens is 1. The standard InChI is InChI=1S/C16H27N5O3.HI/c1-5-17-15(18-11-14-19-12(3)13(4)24-14)20-7-9-21(10-8-20)16(22)23-6-2;/h5-11H2,1-4H3,(H,17,18);1H. The highest BCUT2D eigenvalue weighted by Crippen LogP contribution is 2.10. The number of guanidine groups is 1. The molecule has 0 spiro atoms. The zero-order valence-corrected chi connectivity index (χ0v) is 17.7. The first kappa shape index (κ1) is 21.5. The summed E-state index contributed by atoms with van der Waals surface area (Å²) in [4.78, 5) is 24.6. The Labute approximate surface area is 166 Å². The molecule has 0 aliphatic carbocycles. The number of halogens is 1. The third-order valence-electron chi connectivity index (χ3n) is 3.88. The summed E-state index contributed by atoms with van der Waals surface area (Å²) in [5, 5.41) is 3.28. The minimum Gasteiger partial charge on any atom is -0.450 e. The van der Waals surface area contributed by atoms with Crippen LogP contribution >= 0.6 is 24.0 Å². The quantitative estimate of drug-likeness (QED) is 0.417. The van der Waals surface area contributed by atoms with E-state index in [1.54, 1.807) is 4.90 Å². The number of aliphatic imine (C=N–C) groups is 1. The topological polar surface area (TPSA) is 83.2 Å². The summed E-state index contributed by atoms with van der Waals surface area (Å²) in [5.74, 6) is 2.26. The Balaban J connectivity index is 0.00000312. The van der Waals surface area contributed by atoms with E-state index in [1.165, 1.54) is 0 Å². The first-order chi connectivity index (χ1) is 11.5. The minimum absolute atomic E-state index is 0. The number of piperazine rings is 1. The van der Waals surface area contributed by atoms with Crippen LogP contribution in [0.25, 0.3) is 0 Å². The predicted octanol–water partition coefficient (Wildman–Crippen LogP) is 2.15. The molecule has 1 amide bonds. The maximum absolute atomic E-state index is 11.8. The second-order valence-corrected chi connectivity index (χ2v) is 5.59. The first-order valence-electron chi connectivity index (χ1n) is 8.43. The molecule has 0 radical (unpaired) electrons. The molecule has 142 valence electrons. The van der Waals surface area contributed by atoms with Crippen molar-refractivity contribution in [1.82, 2.24) is 20.1 Å². The normalized spacial score (nSPS) is 15.0. The molecule has 0 unspecified atom stereocenters. The highest BCUT2D eigenvalue weighted by Gasteiger charge is 2.23. The maximum Gasteiger partial charge on any atom is 0.409 e. The molecule has 25 heavy (non-hydrogen) atoms. The number of aryl methyl sites for hydroxylation is 2. The monoisotopic (exact) mass is 465 g/mol. The van der Waals surface area contributed by atoms with Crippen molar-refractivity contribution >= 4 is 36.0 Å². The van der Waals surface area contributed by atoms with E-state index >= 15 is 0 Å². The fraction of sp³-hybridized carbons (Fsp3) is 0.688. The molecule has 1 fully saturated rings. The number of nitrogens with zero attached hydrogens (tertiary/aromatic N) is 4. The number of amides is 1. The molecule has 1 aromatic rings. The van der Waals surface area contributed by atoms with E-state index in [0.29, 0.717) is 45.2 Å². The van der Waals surface area contributed by atoms with Gasteiger partial charge < -0.3 is 24.3 Å². The van der Waals surface area contributed by atoms with Crippen molar-refractivity contribution in [2.75, 3.05) is 39.3 Å². The molecule has 2 heterocycles. The Morgan fingerprint density at radius 3 is 2.40 bits per heavy atom. The van der Waals surface area contributed by atoms with Gasteiger partial charge in [0, 0.05) is 32.7 Å². The number of nitrogens with one attached hydrogen (secondary N) is 1. The maximum atomic E-state index is 11.8. The summed E-state index contributed by atoms with van der Waals surface area (Å²) in [7, 11) is 0. The van der Waals surface area contributed by atoms with Crippen LogP contribution in [-0.2, 0) is 11.3 Å². The van der Waals surface area contributed by atoms with Crippen LogP contribution in [0.1, 0.15) is 31.2 Å². The molecule has 1 N–H and O–H groups in total. The Bertz CT molecular complexity index is 563. The van der Waals surface area contributed by atoms with Crippen molar-refractivity contribution in [2.45, 2.75) is 34.2 Å². The Hall–Kier alpha value is -1.52. The molecule has 1 saturated heterocycles. The van der Waals surface area contributed by atoms with Gasteiger partial charge in [-0.3, -0.25) is 0 Å². The summed E-state index contributed by atoms with van der Waals surface area (Å²) in [6, 6.07) is 0. The van der Waals surface area contributed by atoms with Crippen molar-refractivity contribution in [3.8, 4) is 0 Å². The van der Waals surface area contributed by atoms with Crippen LogP contribution in [0.2, 0.25) is 0 Å². The van der Waals surface area contributed by atoms with Gasteiger partial charge in [0.05, 0.1) is 12.3 Å². The molecule has 9 heteroatoms. The molecule has 1 aliphatic heterocycles. The SMILES string of the molecule is CCNC(=NCc1nc(C)c(C)o1)N1CCN(C(=O)OCC)CC1.I. The lowest BCUT2D eigenvalue weighted by Gasteiger charge is -2.35. The van der Waals surface area contributed by atoms with Crippen LogP contribution in [0.3, 0.4) is 0 Å². The van der Waals surface area contributed by atoms with E-state index in [9.17, 15) is 4.79 Å². The number of hydrogen-bond acceptors (Lipinski definition) is 5. The van der Waals surface area contributed by atoms with Gasteiger partial charge in [0.1, 0.15) is 12.3 Å². The molecule has 0 saturated carbocycles. The zero-order chi connectivity index (χ0) is 17.5. The number of carbonyl (C=O) groups is 1. The van der Waals surface area contributed by atoms with Gasteiger partial charge in [-0.15, -0.1) is 24.0 Å². The lowest BCUT2D eigenvalue weighted by molar-refractivity contribution is 0.0914. The average Bonchev–Trinajstić information content (AvgIpc) is 2.90. The summed E-state index contributed by atoms with van der Waals surface area (Å²) < 4.78 is 10.6. The van der Waals surface area contributed by atoms with E-state index < -0.39 is 0 Å². The fourth-order valence-corrected chi connectivity index (χ4v) is 2.49. The van der Waals surface area contributed by atoms with E-state index in [1.807, 2.05) is 27.7 Å². The first-order valence-corrected chi connectivity index (χ1v) is 8.43. The second-order valence-electron chi connectivity index (χ2n) is 5.59.